The first-order chi connectivity index (χ1) is 13.7. The first-order valence-electron chi connectivity index (χ1n) is 9.14. The molecular weight excluding hydrogens is 467 g/mol. The molecule has 1 N–H and O–H groups in total. The van der Waals surface area contributed by atoms with Crippen LogP contribution in [0.4, 0.5) is 24.7 Å². The maximum atomic E-state index is 13.8. The van der Waals surface area contributed by atoms with Gasteiger partial charge in [-0.3, -0.25) is 4.79 Å². The van der Waals surface area contributed by atoms with Gasteiger partial charge in [0, 0.05) is 47.2 Å². The van der Waals surface area contributed by atoms with Crippen LogP contribution in [0.1, 0.15) is 35.2 Å². The Morgan fingerprint density at radius 1 is 1.31 bits per heavy atom. The van der Waals surface area contributed by atoms with Crippen LogP contribution in [0.15, 0.2) is 33.8 Å². The van der Waals surface area contributed by atoms with E-state index in [0.29, 0.717) is 45.0 Å². The molecule has 29 heavy (non-hydrogen) atoms. The van der Waals surface area contributed by atoms with Gasteiger partial charge in [0.2, 0.25) is 5.92 Å². The van der Waals surface area contributed by atoms with Gasteiger partial charge in [-0.15, -0.1) is 11.8 Å². The Hall–Kier alpha value is -1.74. The SMILES string of the molecule is CSc1cc(NC(=O)c2c(N3CCCC(F)(F)CC3)ncc(Br)c2C)ccc1F. The highest BCUT2D eigenvalue weighted by atomic mass is 79.9. The summed E-state index contributed by atoms with van der Waals surface area (Å²) in [5, 5.41) is 2.78. The van der Waals surface area contributed by atoms with Crippen molar-refractivity contribution < 1.29 is 18.0 Å². The lowest BCUT2D eigenvalue weighted by atomic mass is 10.1. The lowest BCUT2D eigenvalue weighted by Crippen LogP contribution is -2.30. The zero-order valence-electron chi connectivity index (χ0n) is 16.1. The Labute approximate surface area is 180 Å². The van der Waals surface area contributed by atoms with Gasteiger partial charge in [0.1, 0.15) is 11.6 Å². The second-order valence-electron chi connectivity index (χ2n) is 6.93. The number of hydrogen-bond acceptors (Lipinski definition) is 4. The van der Waals surface area contributed by atoms with Crippen LogP contribution < -0.4 is 10.2 Å². The Morgan fingerprint density at radius 3 is 2.79 bits per heavy atom. The number of benzene rings is 1. The van der Waals surface area contributed by atoms with E-state index in [0.717, 1.165) is 0 Å². The molecule has 2 heterocycles. The number of carbonyl (C=O) groups excluding carboxylic acids is 1. The van der Waals surface area contributed by atoms with Crippen LogP contribution in [-0.2, 0) is 0 Å². The number of carbonyl (C=O) groups is 1. The van der Waals surface area contributed by atoms with E-state index in [1.54, 1.807) is 30.3 Å². The van der Waals surface area contributed by atoms with E-state index in [9.17, 15) is 18.0 Å². The predicted molar refractivity (Wildman–Crippen MR) is 114 cm³/mol. The highest BCUT2D eigenvalue weighted by Crippen LogP contribution is 2.33. The monoisotopic (exact) mass is 487 g/mol. The second kappa shape index (κ2) is 8.95. The molecule has 1 amide bonds. The van der Waals surface area contributed by atoms with E-state index in [1.165, 1.54) is 23.9 Å². The fourth-order valence-electron chi connectivity index (χ4n) is 3.28. The first-order valence-corrected chi connectivity index (χ1v) is 11.2. The van der Waals surface area contributed by atoms with Gasteiger partial charge in [-0.05, 0) is 59.3 Å². The van der Waals surface area contributed by atoms with Crippen LogP contribution in [0.2, 0.25) is 0 Å². The van der Waals surface area contributed by atoms with Crippen molar-refractivity contribution in [2.75, 3.05) is 29.6 Å². The molecule has 0 saturated carbocycles. The van der Waals surface area contributed by atoms with Crippen molar-refractivity contribution in [1.82, 2.24) is 4.98 Å². The van der Waals surface area contributed by atoms with Gasteiger partial charge in [0.15, 0.2) is 0 Å². The normalized spacial score (nSPS) is 16.4. The van der Waals surface area contributed by atoms with Crippen LogP contribution >= 0.6 is 27.7 Å². The zero-order valence-corrected chi connectivity index (χ0v) is 18.5. The third-order valence-electron chi connectivity index (χ3n) is 4.91. The number of nitrogens with one attached hydrogen (secondary N) is 1. The maximum Gasteiger partial charge on any atom is 0.259 e. The van der Waals surface area contributed by atoms with Gasteiger partial charge in [0.25, 0.3) is 5.91 Å². The minimum absolute atomic E-state index is 0.120. The molecule has 1 aromatic carbocycles. The molecule has 1 aliphatic rings. The van der Waals surface area contributed by atoms with Gasteiger partial charge in [-0.2, -0.15) is 0 Å². The molecule has 0 aliphatic carbocycles. The summed E-state index contributed by atoms with van der Waals surface area (Å²) in [6.07, 6.45) is 3.20. The Morgan fingerprint density at radius 2 is 2.07 bits per heavy atom. The fourth-order valence-corrected chi connectivity index (χ4v) is 4.09. The molecule has 1 fully saturated rings. The van der Waals surface area contributed by atoms with Crippen LogP contribution in [0, 0.1) is 12.7 Å². The van der Waals surface area contributed by atoms with Crippen molar-refractivity contribution >= 4 is 45.1 Å². The number of hydrogen-bond donors (Lipinski definition) is 1. The third-order valence-corrected chi connectivity index (χ3v) is 6.46. The van der Waals surface area contributed by atoms with Crippen LogP contribution in [0.25, 0.3) is 0 Å². The van der Waals surface area contributed by atoms with Crippen LogP contribution in [-0.4, -0.2) is 36.2 Å². The maximum absolute atomic E-state index is 13.8. The quantitative estimate of drug-likeness (QED) is 0.546. The minimum Gasteiger partial charge on any atom is -0.356 e. The number of alkyl halides is 2. The summed E-state index contributed by atoms with van der Waals surface area (Å²) in [6.45, 7) is 2.29. The predicted octanol–water partition coefficient (Wildman–Crippen LogP) is 5.89. The minimum atomic E-state index is -2.70. The number of amides is 1. The van der Waals surface area contributed by atoms with Gasteiger partial charge in [0.05, 0.1) is 5.56 Å². The Kier molecular flexibility index (Phi) is 6.78. The summed E-state index contributed by atoms with van der Waals surface area (Å²) in [5.41, 5.74) is 1.43. The number of nitrogens with zero attached hydrogens (tertiary/aromatic N) is 2. The lowest BCUT2D eigenvalue weighted by molar-refractivity contribution is -0.0102. The molecule has 1 aliphatic heterocycles. The summed E-state index contributed by atoms with van der Waals surface area (Å²) in [4.78, 5) is 19.6. The van der Waals surface area contributed by atoms with Gasteiger partial charge >= 0.3 is 0 Å². The highest BCUT2D eigenvalue weighted by molar-refractivity contribution is 9.10. The average molecular weight is 488 g/mol. The van der Waals surface area contributed by atoms with Crippen LogP contribution in [0.5, 0.6) is 0 Å². The summed E-state index contributed by atoms with van der Waals surface area (Å²) in [7, 11) is 0. The second-order valence-corrected chi connectivity index (χ2v) is 8.63. The van der Waals surface area contributed by atoms with E-state index in [1.807, 2.05) is 0 Å². The largest absolute Gasteiger partial charge is 0.356 e. The van der Waals surface area contributed by atoms with Gasteiger partial charge in [-0.25, -0.2) is 18.2 Å². The number of pyridine rings is 1. The molecule has 1 saturated heterocycles. The molecule has 0 bridgehead atoms. The third kappa shape index (κ3) is 5.06. The lowest BCUT2D eigenvalue weighted by Gasteiger charge is -2.25. The smallest absolute Gasteiger partial charge is 0.259 e. The highest BCUT2D eigenvalue weighted by Gasteiger charge is 2.33. The Bertz CT molecular complexity index is 926. The topological polar surface area (TPSA) is 45.2 Å². The number of thioether (sulfide) groups is 1. The molecule has 2 aromatic rings. The van der Waals surface area contributed by atoms with Crippen molar-refractivity contribution in [3.05, 3.63) is 45.8 Å². The van der Waals surface area contributed by atoms with Crippen molar-refractivity contribution in [3.8, 4) is 0 Å². The molecule has 0 spiro atoms. The van der Waals surface area contributed by atoms with Crippen molar-refractivity contribution in [1.29, 1.82) is 0 Å². The van der Waals surface area contributed by atoms with Crippen molar-refractivity contribution in [3.63, 3.8) is 0 Å². The molecule has 1 aromatic heterocycles. The van der Waals surface area contributed by atoms with Crippen molar-refractivity contribution in [2.45, 2.75) is 37.0 Å². The summed E-state index contributed by atoms with van der Waals surface area (Å²) in [6, 6.07) is 4.34. The molecule has 3 rings (SSSR count). The summed E-state index contributed by atoms with van der Waals surface area (Å²) < 4.78 is 41.9. The van der Waals surface area contributed by atoms with Crippen LogP contribution in [0.3, 0.4) is 0 Å². The van der Waals surface area contributed by atoms with Gasteiger partial charge < -0.3 is 10.2 Å². The molecule has 4 nitrogen and oxygen atoms in total. The number of rotatable bonds is 4. The molecule has 156 valence electrons. The zero-order chi connectivity index (χ0) is 21.2. The van der Waals surface area contributed by atoms with E-state index >= 15 is 0 Å². The molecular formula is C20H21BrF3N3OS. The van der Waals surface area contributed by atoms with Gasteiger partial charge in [-0.1, -0.05) is 0 Å². The van der Waals surface area contributed by atoms with E-state index in [2.05, 4.69) is 26.2 Å². The standard InChI is InChI=1S/C20H21BrF3N3OS/c1-12-14(21)11-25-18(27-8-3-6-20(23,24)7-9-27)17(12)19(28)26-13-4-5-15(22)16(10-13)29-2/h4-5,10-11H,3,6-9H2,1-2H3,(H,26,28). The molecule has 0 radical (unpaired) electrons. The van der Waals surface area contributed by atoms with Crippen molar-refractivity contribution in [2.24, 2.45) is 0 Å². The molecule has 9 heteroatoms. The average Bonchev–Trinajstić information content (AvgIpc) is 2.85. The number of aromatic nitrogens is 1. The Balaban J connectivity index is 1.93. The summed E-state index contributed by atoms with van der Waals surface area (Å²) in [5.74, 6) is -3.10. The van der Waals surface area contributed by atoms with E-state index in [-0.39, 0.29) is 25.2 Å². The van der Waals surface area contributed by atoms with E-state index in [4.69, 9.17) is 0 Å². The molecule has 0 unspecified atom stereocenters. The molecule has 0 atom stereocenters. The first kappa shape index (κ1) is 22.0. The van der Waals surface area contributed by atoms with E-state index < -0.39 is 11.8 Å². The fraction of sp³-hybridized carbons (Fsp3) is 0.400. The number of anilines is 2. The number of halogens is 4. The summed E-state index contributed by atoms with van der Waals surface area (Å²) >= 11 is 4.63.